The van der Waals surface area contributed by atoms with Gasteiger partial charge in [-0.2, -0.15) is 0 Å². The lowest BCUT2D eigenvalue weighted by molar-refractivity contribution is -0.181. The zero-order valence-electron chi connectivity index (χ0n) is 11.3. The number of rotatable bonds is 4. The number of aliphatic hydroxyl groups excluding tert-OH is 1. The molecular formula is C15H22O3. The van der Waals surface area contributed by atoms with Crippen LogP contribution < -0.4 is 0 Å². The molecule has 0 amide bonds. The van der Waals surface area contributed by atoms with E-state index in [2.05, 4.69) is 26.8 Å². The van der Waals surface area contributed by atoms with Gasteiger partial charge >= 0.3 is 0 Å². The second kappa shape index (κ2) is 5.39. The van der Waals surface area contributed by atoms with Crippen LogP contribution >= 0.6 is 0 Å². The average molecular weight is 250 g/mol. The van der Waals surface area contributed by atoms with Gasteiger partial charge in [-0.3, -0.25) is 0 Å². The highest BCUT2D eigenvalue weighted by atomic mass is 16.8. The predicted octanol–water partition coefficient (Wildman–Crippen LogP) is 2.96. The number of hydrogen-bond donors (Lipinski definition) is 1. The molecule has 0 spiro atoms. The molecule has 2 rings (SSSR count). The number of hydrogen-bond acceptors (Lipinski definition) is 3. The molecule has 100 valence electrons. The highest BCUT2D eigenvalue weighted by Gasteiger charge is 2.45. The van der Waals surface area contributed by atoms with Crippen LogP contribution in [0.15, 0.2) is 24.3 Å². The van der Waals surface area contributed by atoms with E-state index in [1.54, 1.807) is 0 Å². The summed E-state index contributed by atoms with van der Waals surface area (Å²) in [5.41, 5.74) is 2.29. The molecule has 1 aromatic rings. The third-order valence-corrected chi connectivity index (χ3v) is 3.80. The maximum absolute atomic E-state index is 9.51. The number of aliphatic hydroxyl groups is 1. The first-order valence-electron chi connectivity index (χ1n) is 6.67. The summed E-state index contributed by atoms with van der Waals surface area (Å²) >= 11 is 0. The topological polar surface area (TPSA) is 38.7 Å². The quantitative estimate of drug-likeness (QED) is 0.893. The molecule has 18 heavy (non-hydrogen) atoms. The van der Waals surface area contributed by atoms with Crippen molar-refractivity contribution >= 4 is 0 Å². The Balaban J connectivity index is 2.30. The fraction of sp³-hybridized carbons (Fsp3) is 0.600. The lowest BCUT2D eigenvalue weighted by atomic mass is 10.00. The Kier molecular flexibility index (Phi) is 4.05. The first-order chi connectivity index (χ1) is 8.65. The van der Waals surface area contributed by atoms with Gasteiger partial charge in [0.1, 0.15) is 12.2 Å². The van der Waals surface area contributed by atoms with Crippen molar-refractivity contribution in [3.05, 3.63) is 35.4 Å². The zero-order chi connectivity index (χ0) is 13.2. The molecule has 3 heteroatoms. The Morgan fingerprint density at radius 1 is 1.17 bits per heavy atom. The number of benzene rings is 1. The molecule has 1 aliphatic rings. The fourth-order valence-corrected chi connectivity index (χ4v) is 2.56. The van der Waals surface area contributed by atoms with Crippen molar-refractivity contribution < 1.29 is 14.6 Å². The SMILES string of the molecule is CCC1(CC)OC(CO)[C@@H](c2ccccc2C)O1. The van der Waals surface area contributed by atoms with E-state index in [0.29, 0.717) is 0 Å². The summed E-state index contributed by atoms with van der Waals surface area (Å²) in [6.07, 6.45) is 1.15. The van der Waals surface area contributed by atoms with Gasteiger partial charge in [0.2, 0.25) is 0 Å². The molecule has 1 unspecified atom stereocenters. The standard InChI is InChI=1S/C15H22O3/c1-4-15(5-2)17-13(10-16)14(18-15)12-9-7-6-8-11(12)3/h6-9,13-14,16H,4-5,10H2,1-3H3/t13?,14-/m1/s1. The first kappa shape index (κ1) is 13.5. The summed E-state index contributed by atoms with van der Waals surface area (Å²) in [4.78, 5) is 0. The van der Waals surface area contributed by atoms with Crippen molar-refractivity contribution in [1.29, 1.82) is 0 Å². The van der Waals surface area contributed by atoms with Gasteiger partial charge in [-0.1, -0.05) is 38.1 Å². The van der Waals surface area contributed by atoms with Crippen LogP contribution in [-0.2, 0) is 9.47 Å². The van der Waals surface area contributed by atoms with Gasteiger partial charge in [0.05, 0.1) is 6.61 Å². The van der Waals surface area contributed by atoms with E-state index in [1.807, 2.05) is 18.2 Å². The molecule has 1 N–H and O–H groups in total. The van der Waals surface area contributed by atoms with Crippen LogP contribution in [0.2, 0.25) is 0 Å². The Bertz CT molecular complexity index is 398. The summed E-state index contributed by atoms with van der Waals surface area (Å²) in [5, 5.41) is 9.51. The number of aryl methyl sites for hydroxylation is 1. The van der Waals surface area contributed by atoms with Gasteiger partial charge < -0.3 is 14.6 Å². The van der Waals surface area contributed by atoms with Crippen LogP contribution in [0, 0.1) is 6.92 Å². The molecule has 1 aromatic carbocycles. The van der Waals surface area contributed by atoms with E-state index in [1.165, 1.54) is 5.56 Å². The molecule has 3 nitrogen and oxygen atoms in total. The molecule has 0 aliphatic carbocycles. The molecule has 1 fully saturated rings. The third-order valence-electron chi connectivity index (χ3n) is 3.80. The summed E-state index contributed by atoms with van der Waals surface area (Å²) in [6, 6.07) is 8.12. The predicted molar refractivity (Wildman–Crippen MR) is 70.3 cm³/mol. The highest BCUT2D eigenvalue weighted by Crippen LogP contribution is 2.42. The van der Waals surface area contributed by atoms with Crippen LogP contribution in [0.5, 0.6) is 0 Å². The van der Waals surface area contributed by atoms with Gasteiger partial charge in [0, 0.05) is 0 Å². The Morgan fingerprint density at radius 2 is 1.83 bits per heavy atom. The minimum Gasteiger partial charge on any atom is -0.394 e. The highest BCUT2D eigenvalue weighted by molar-refractivity contribution is 5.29. The fourth-order valence-electron chi connectivity index (χ4n) is 2.56. The van der Waals surface area contributed by atoms with Crippen molar-refractivity contribution in [1.82, 2.24) is 0 Å². The van der Waals surface area contributed by atoms with E-state index < -0.39 is 5.79 Å². The Labute approximate surface area is 109 Å². The lowest BCUT2D eigenvalue weighted by Crippen LogP contribution is -2.29. The van der Waals surface area contributed by atoms with Crippen LogP contribution in [-0.4, -0.2) is 23.6 Å². The minimum atomic E-state index is -0.541. The molecule has 0 aromatic heterocycles. The molecule has 0 radical (unpaired) electrons. The van der Waals surface area contributed by atoms with Crippen molar-refractivity contribution in [2.45, 2.75) is 51.6 Å². The van der Waals surface area contributed by atoms with E-state index >= 15 is 0 Å². The van der Waals surface area contributed by atoms with E-state index in [4.69, 9.17) is 9.47 Å². The summed E-state index contributed by atoms with van der Waals surface area (Å²) in [7, 11) is 0. The maximum atomic E-state index is 9.51. The average Bonchev–Trinajstić information content (AvgIpc) is 2.79. The zero-order valence-corrected chi connectivity index (χ0v) is 11.3. The molecule has 0 bridgehead atoms. The second-order valence-corrected chi connectivity index (χ2v) is 4.85. The van der Waals surface area contributed by atoms with Crippen LogP contribution in [0.1, 0.15) is 43.9 Å². The van der Waals surface area contributed by atoms with Crippen LogP contribution in [0.4, 0.5) is 0 Å². The van der Waals surface area contributed by atoms with E-state index in [9.17, 15) is 5.11 Å². The smallest absolute Gasteiger partial charge is 0.169 e. The first-order valence-corrected chi connectivity index (χ1v) is 6.67. The van der Waals surface area contributed by atoms with Gasteiger partial charge in [0.25, 0.3) is 0 Å². The van der Waals surface area contributed by atoms with Gasteiger partial charge in [-0.05, 0) is 30.9 Å². The minimum absolute atomic E-state index is 0.0131. The second-order valence-electron chi connectivity index (χ2n) is 4.85. The summed E-state index contributed by atoms with van der Waals surface area (Å²) < 4.78 is 12.1. The van der Waals surface area contributed by atoms with Crippen LogP contribution in [0.25, 0.3) is 0 Å². The molecule has 1 saturated heterocycles. The molecule has 1 aliphatic heterocycles. The monoisotopic (exact) mass is 250 g/mol. The molecule has 2 atom stereocenters. The normalized spacial score (nSPS) is 26.4. The summed E-state index contributed by atoms with van der Waals surface area (Å²) in [6.45, 7) is 6.15. The van der Waals surface area contributed by atoms with E-state index in [-0.39, 0.29) is 18.8 Å². The Morgan fingerprint density at radius 3 is 2.39 bits per heavy atom. The van der Waals surface area contributed by atoms with Crippen molar-refractivity contribution in [2.75, 3.05) is 6.61 Å². The molecule has 1 heterocycles. The van der Waals surface area contributed by atoms with Gasteiger partial charge in [0.15, 0.2) is 5.79 Å². The van der Waals surface area contributed by atoms with Crippen LogP contribution in [0.3, 0.4) is 0 Å². The maximum Gasteiger partial charge on any atom is 0.169 e. The Hall–Kier alpha value is -0.900. The van der Waals surface area contributed by atoms with Crippen molar-refractivity contribution in [3.8, 4) is 0 Å². The number of ether oxygens (including phenoxy) is 2. The third kappa shape index (κ3) is 2.30. The molecular weight excluding hydrogens is 228 g/mol. The molecule has 0 saturated carbocycles. The van der Waals surface area contributed by atoms with Gasteiger partial charge in [-0.25, -0.2) is 0 Å². The van der Waals surface area contributed by atoms with Gasteiger partial charge in [-0.15, -0.1) is 0 Å². The van der Waals surface area contributed by atoms with E-state index in [0.717, 1.165) is 18.4 Å². The van der Waals surface area contributed by atoms with Crippen molar-refractivity contribution in [3.63, 3.8) is 0 Å². The van der Waals surface area contributed by atoms with Crippen molar-refractivity contribution in [2.24, 2.45) is 0 Å². The summed E-state index contributed by atoms with van der Waals surface area (Å²) in [5.74, 6) is -0.541. The lowest BCUT2D eigenvalue weighted by Gasteiger charge is -2.25. The largest absolute Gasteiger partial charge is 0.394 e.